The Labute approximate surface area is 82.4 Å². The molecule has 1 unspecified atom stereocenters. The zero-order valence-corrected chi connectivity index (χ0v) is 9.32. The van der Waals surface area contributed by atoms with E-state index in [1.807, 2.05) is 0 Å². The van der Waals surface area contributed by atoms with Crippen LogP contribution in [0.25, 0.3) is 0 Å². The van der Waals surface area contributed by atoms with Crippen LogP contribution in [0.2, 0.25) is 0 Å². The largest absolute Gasteiger partial charge is 0.0735 e. The Hall–Kier alpha value is -0.260. The predicted octanol–water partition coefficient (Wildman–Crippen LogP) is 4.31. The summed E-state index contributed by atoms with van der Waals surface area (Å²) in [6.07, 6.45) is 8.74. The van der Waals surface area contributed by atoms with Crippen LogP contribution in [0, 0.1) is 11.3 Å². The van der Waals surface area contributed by atoms with Crippen LogP contribution in [-0.4, -0.2) is 0 Å². The average molecular weight is 178 g/mol. The molecule has 4 aliphatic carbocycles. The summed E-state index contributed by atoms with van der Waals surface area (Å²) in [7, 11) is 0. The van der Waals surface area contributed by atoms with Gasteiger partial charge in [-0.1, -0.05) is 44.3 Å². The lowest BCUT2D eigenvalue weighted by Crippen LogP contribution is -2.41. The summed E-state index contributed by atoms with van der Waals surface area (Å²) >= 11 is 0. The second kappa shape index (κ2) is 3.15. The van der Waals surface area contributed by atoms with E-state index in [-0.39, 0.29) is 0 Å². The average Bonchev–Trinajstić information content (AvgIpc) is 2.89. The zero-order valence-electron chi connectivity index (χ0n) is 9.32. The Balaban J connectivity index is 0.000000185. The second-order valence-electron chi connectivity index (χ2n) is 5.48. The molecule has 13 heavy (non-hydrogen) atoms. The maximum atomic E-state index is 2.40. The van der Waals surface area contributed by atoms with Crippen molar-refractivity contribution < 1.29 is 0 Å². The lowest BCUT2D eigenvalue weighted by atomic mass is 9.52. The van der Waals surface area contributed by atoms with E-state index in [1.165, 1.54) is 38.5 Å². The first-order valence-electron chi connectivity index (χ1n) is 5.81. The van der Waals surface area contributed by atoms with Crippen molar-refractivity contribution in [2.45, 2.75) is 59.3 Å². The number of allylic oxidation sites excluding steroid dienone is 2. The monoisotopic (exact) mass is 178 g/mol. The fourth-order valence-electron chi connectivity index (χ4n) is 2.61. The maximum Gasteiger partial charge on any atom is -0.0111 e. The molecule has 0 aliphatic heterocycles. The lowest BCUT2D eigenvalue weighted by molar-refractivity contribution is 0.133. The van der Waals surface area contributed by atoms with Crippen LogP contribution in [0.5, 0.6) is 0 Å². The van der Waals surface area contributed by atoms with Gasteiger partial charge in [-0.05, 0) is 37.5 Å². The highest BCUT2D eigenvalue weighted by Gasteiger charge is 2.46. The minimum Gasteiger partial charge on any atom is -0.0735 e. The molecule has 0 aromatic rings. The molecule has 0 nitrogen and oxygen atoms in total. The first kappa shape index (κ1) is 9.30. The zero-order chi connectivity index (χ0) is 9.47. The van der Waals surface area contributed by atoms with Crippen molar-refractivity contribution in [2.24, 2.45) is 11.3 Å². The molecule has 0 N–H and O–H groups in total. The quantitative estimate of drug-likeness (QED) is 0.485. The Morgan fingerprint density at radius 2 is 1.77 bits per heavy atom. The topological polar surface area (TPSA) is 0 Å². The van der Waals surface area contributed by atoms with Gasteiger partial charge < -0.3 is 0 Å². The van der Waals surface area contributed by atoms with Gasteiger partial charge in [0.1, 0.15) is 0 Å². The van der Waals surface area contributed by atoms with E-state index in [0.29, 0.717) is 5.41 Å². The van der Waals surface area contributed by atoms with Crippen molar-refractivity contribution in [1.29, 1.82) is 0 Å². The Morgan fingerprint density at radius 1 is 1.15 bits per heavy atom. The van der Waals surface area contributed by atoms with E-state index in [4.69, 9.17) is 0 Å². The Morgan fingerprint density at radius 3 is 2.00 bits per heavy atom. The van der Waals surface area contributed by atoms with E-state index >= 15 is 0 Å². The highest BCUT2D eigenvalue weighted by molar-refractivity contribution is 5.32. The standard InChI is InChI=1S/C10H16.C3H6/c1-7-4-5-8-6-9(7)10(8,2)3;1-2-3-1/h8H,4-6H2,1-3H3;1-3H2. The molecule has 0 radical (unpaired) electrons. The molecule has 0 aromatic carbocycles. The molecule has 0 heterocycles. The third kappa shape index (κ3) is 1.68. The highest BCUT2D eigenvalue weighted by atomic mass is 14.5. The van der Waals surface area contributed by atoms with E-state index < -0.39 is 0 Å². The van der Waals surface area contributed by atoms with Crippen molar-refractivity contribution >= 4 is 0 Å². The first-order valence-corrected chi connectivity index (χ1v) is 5.81. The van der Waals surface area contributed by atoms with Gasteiger partial charge in [0.05, 0.1) is 0 Å². The molecule has 4 rings (SSSR count). The molecule has 0 spiro atoms. The lowest BCUT2D eigenvalue weighted by Gasteiger charge is -2.52. The molecule has 2 fully saturated rings. The van der Waals surface area contributed by atoms with Gasteiger partial charge in [-0.25, -0.2) is 0 Å². The fraction of sp³-hybridized carbons (Fsp3) is 0.846. The van der Waals surface area contributed by atoms with E-state index in [9.17, 15) is 0 Å². The van der Waals surface area contributed by atoms with Crippen molar-refractivity contribution in [3.63, 3.8) is 0 Å². The van der Waals surface area contributed by atoms with Gasteiger partial charge in [0.15, 0.2) is 0 Å². The van der Waals surface area contributed by atoms with E-state index in [1.54, 1.807) is 11.1 Å². The molecular weight excluding hydrogens is 156 g/mol. The highest BCUT2D eigenvalue weighted by Crippen LogP contribution is 2.58. The minimum absolute atomic E-state index is 0.586. The van der Waals surface area contributed by atoms with Crippen LogP contribution < -0.4 is 0 Å². The molecule has 1 atom stereocenters. The van der Waals surface area contributed by atoms with Gasteiger partial charge in [-0.15, -0.1) is 0 Å². The molecule has 0 saturated heterocycles. The second-order valence-corrected chi connectivity index (χ2v) is 5.48. The van der Waals surface area contributed by atoms with Gasteiger partial charge in [-0.3, -0.25) is 0 Å². The summed E-state index contributed by atoms with van der Waals surface area (Å²) < 4.78 is 0. The predicted molar refractivity (Wildman–Crippen MR) is 57.7 cm³/mol. The fourth-order valence-corrected chi connectivity index (χ4v) is 2.61. The van der Waals surface area contributed by atoms with E-state index in [0.717, 1.165) is 5.92 Å². The van der Waals surface area contributed by atoms with E-state index in [2.05, 4.69) is 20.8 Å². The van der Waals surface area contributed by atoms with Crippen LogP contribution in [0.4, 0.5) is 0 Å². The minimum atomic E-state index is 0.586. The van der Waals surface area contributed by atoms with Crippen LogP contribution in [0.1, 0.15) is 59.3 Å². The maximum absolute atomic E-state index is 2.40. The Bertz CT molecular complexity index is 228. The Kier molecular flexibility index (Phi) is 2.25. The van der Waals surface area contributed by atoms with Crippen LogP contribution in [0.3, 0.4) is 0 Å². The summed E-state index contributed by atoms with van der Waals surface area (Å²) in [6.45, 7) is 7.12. The van der Waals surface area contributed by atoms with Crippen LogP contribution in [-0.2, 0) is 0 Å². The molecule has 74 valence electrons. The van der Waals surface area contributed by atoms with Crippen molar-refractivity contribution in [3.8, 4) is 0 Å². The number of fused-ring (bicyclic) bond motifs is 2. The van der Waals surface area contributed by atoms with Gasteiger partial charge in [0.25, 0.3) is 0 Å². The SMILES string of the molecule is C1CC1.CC1=C2CC(CC1)C2(C)C. The number of rotatable bonds is 0. The van der Waals surface area contributed by atoms with Gasteiger partial charge in [0.2, 0.25) is 0 Å². The first-order chi connectivity index (χ1) is 6.12. The normalized spacial score (nSPS) is 33.0. The molecule has 0 heteroatoms. The van der Waals surface area contributed by atoms with Crippen molar-refractivity contribution in [1.82, 2.24) is 0 Å². The third-order valence-corrected chi connectivity index (χ3v) is 3.99. The van der Waals surface area contributed by atoms with Gasteiger partial charge in [0, 0.05) is 0 Å². The number of hydrogen-bond donors (Lipinski definition) is 0. The molecule has 0 aromatic heterocycles. The molecule has 4 aliphatic rings. The molecule has 2 bridgehead atoms. The summed E-state index contributed by atoms with van der Waals surface area (Å²) in [5.74, 6) is 1.02. The summed E-state index contributed by atoms with van der Waals surface area (Å²) in [6, 6.07) is 0. The molecule has 0 amide bonds. The summed E-state index contributed by atoms with van der Waals surface area (Å²) in [4.78, 5) is 0. The third-order valence-electron chi connectivity index (χ3n) is 3.99. The smallest absolute Gasteiger partial charge is 0.0111 e. The van der Waals surface area contributed by atoms with Crippen LogP contribution in [0.15, 0.2) is 11.1 Å². The molecule has 2 saturated carbocycles. The molecular formula is C13H22. The van der Waals surface area contributed by atoms with Crippen molar-refractivity contribution in [2.75, 3.05) is 0 Å². The van der Waals surface area contributed by atoms with Gasteiger partial charge >= 0.3 is 0 Å². The van der Waals surface area contributed by atoms with Gasteiger partial charge in [-0.2, -0.15) is 0 Å². The summed E-state index contributed by atoms with van der Waals surface area (Å²) in [5.41, 5.74) is 4.04. The summed E-state index contributed by atoms with van der Waals surface area (Å²) in [5, 5.41) is 0. The van der Waals surface area contributed by atoms with Crippen molar-refractivity contribution in [3.05, 3.63) is 11.1 Å². The van der Waals surface area contributed by atoms with Crippen LogP contribution >= 0.6 is 0 Å². The number of hydrogen-bond acceptors (Lipinski definition) is 0.